The standard InChI is InChI=1S/C26H53NO4/c1-24(2)19-16-14-12-10-8-6-5-7-9-11-13-15-17-20-25(23-28)31-22-18-21-27(4)26(3,29)30/h23-25,29-30H,5-22H2,1-4H3. The van der Waals surface area contributed by atoms with E-state index in [1.807, 2.05) is 0 Å². The molecule has 0 aliphatic carbocycles. The van der Waals surface area contributed by atoms with Gasteiger partial charge in [-0.3, -0.25) is 4.90 Å². The Hall–Kier alpha value is -0.490. The molecule has 5 nitrogen and oxygen atoms in total. The fourth-order valence-corrected chi connectivity index (χ4v) is 3.78. The zero-order valence-electron chi connectivity index (χ0n) is 21.1. The van der Waals surface area contributed by atoms with Gasteiger partial charge in [0.15, 0.2) is 0 Å². The first-order valence-electron chi connectivity index (χ1n) is 13.0. The van der Waals surface area contributed by atoms with Gasteiger partial charge in [0.2, 0.25) is 5.91 Å². The van der Waals surface area contributed by atoms with Crippen molar-refractivity contribution in [3.8, 4) is 0 Å². The quantitative estimate of drug-likeness (QED) is 0.114. The molecule has 31 heavy (non-hydrogen) atoms. The van der Waals surface area contributed by atoms with Crippen LogP contribution in [0.5, 0.6) is 0 Å². The van der Waals surface area contributed by atoms with Gasteiger partial charge >= 0.3 is 0 Å². The second-order valence-corrected chi connectivity index (χ2v) is 9.86. The fraction of sp³-hybridized carbons (Fsp3) is 0.962. The average Bonchev–Trinajstić information content (AvgIpc) is 2.71. The van der Waals surface area contributed by atoms with Crippen LogP contribution in [-0.4, -0.2) is 53.6 Å². The number of aldehydes is 1. The second-order valence-electron chi connectivity index (χ2n) is 9.86. The highest BCUT2D eigenvalue weighted by Crippen LogP contribution is 2.15. The highest BCUT2D eigenvalue weighted by Gasteiger charge is 2.21. The minimum Gasteiger partial charge on any atom is -0.371 e. The molecule has 0 spiro atoms. The lowest BCUT2D eigenvalue weighted by Crippen LogP contribution is -2.44. The van der Waals surface area contributed by atoms with Crippen LogP contribution in [0.1, 0.15) is 124 Å². The average molecular weight is 444 g/mol. The highest BCUT2D eigenvalue weighted by atomic mass is 16.5. The zero-order chi connectivity index (χ0) is 23.4. The third kappa shape index (κ3) is 21.1. The summed E-state index contributed by atoms with van der Waals surface area (Å²) >= 11 is 0. The van der Waals surface area contributed by atoms with Crippen LogP contribution in [0.4, 0.5) is 0 Å². The molecule has 0 aliphatic rings. The summed E-state index contributed by atoms with van der Waals surface area (Å²) in [7, 11) is 1.65. The van der Waals surface area contributed by atoms with Crippen LogP contribution in [0, 0.1) is 5.92 Å². The van der Waals surface area contributed by atoms with Crippen LogP contribution >= 0.6 is 0 Å². The molecule has 0 aliphatic heterocycles. The molecule has 1 atom stereocenters. The lowest BCUT2D eigenvalue weighted by molar-refractivity contribution is -0.242. The molecule has 0 bridgehead atoms. The summed E-state index contributed by atoms with van der Waals surface area (Å²) in [5.41, 5.74) is 0. The molecule has 0 aromatic heterocycles. The van der Waals surface area contributed by atoms with Gasteiger partial charge in [0.25, 0.3) is 0 Å². The Morgan fingerprint density at radius 2 is 1.19 bits per heavy atom. The monoisotopic (exact) mass is 443 g/mol. The third-order valence-corrected chi connectivity index (χ3v) is 6.11. The van der Waals surface area contributed by atoms with Gasteiger partial charge in [-0.25, -0.2) is 0 Å². The summed E-state index contributed by atoms with van der Waals surface area (Å²) < 4.78 is 5.62. The maximum atomic E-state index is 11.2. The summed E-state index contributed by atoms with van der Waals surface area (Å²) in [5.74, 6) is -0.952. The highest BCUT2D eigenvalue weighted by molar-refractivity contribution is 5.55. The van der Waals surface area contributed by atoms with Crippen LogP contribution in [0.2, 0.25) is 0 Å². The minimum atomic E-state index is -1.81. The van der Waals surface area contributed by atoms with Gasteiger partial charge in [0.1, 0.15) is 12.4 Å². The van der Waals surface area contributed by atoms with Crippen LogP contribution in [0.15, 0.2) is 0 Å². The van der Waals surface area contributed by atoms with Gasteiger partial charge in [-0.15, -0.1) is 0 Å². The number of rotatable bonds is 23. The molecule has 0 saturated heterocycles. The van der Waals surface area contributed by atoms with Crippen LogP contribution in [0.25, 0.3) is 0 Å². The van der Waals surface area contributed by atoms with Crippen molar-refractivity contribution >= 4 is 6.29 Å². The predicted molar refractivity (Wildman–Crippen MR) is 130 cm³/mol. The number of carbonyl (C=O) groups excluding carboxylic acids is 1. The number of hydrogen-bond donors (Lipinski definition) is 2. The Labute approximate surface area is 192 Å². The molecular weight excluding hydrogens is 390 g/mol. The van der Waals surface area contributed by atoms with E-state index >= 15 is 0 Å². The normalized spacial score (nSPS) is 13.3. The maximum absolute atomic E-state index is 11.2. The van der Waals surface area contributed by atoms with Crippen LogP contribution in [-0.2, 0) is 9.53 Å². The molecule has 0 saturated carbocycles. The Morgan fingerprint density at radius 3 is 1.58 bits per heavy atom. The largest absolute Gasteiger partial charge is 0.371 e. The molecular formula is C26H53NO4. The van der Waals surface area contributed by atoms with E-state index in [-0.39, 0.29) is 6.10 Å². The number of carbonyl (C=O) groups is 1. The molecule has 1 unspecified atom stereocenters. The zero-order valence-corrected chi connectivity index (χ0v) is 21.1. The first-order valence-corrected chi connectivity index (χ1v) is 13.0. The van der Waals surface area contributed by atoms with Crippen molar-refractivity contribution in [3.05, 3.63) is 0 Å². The van der Waals surface area contributed by atoms with Crippen molar-refractivity contribution in [2.24, 2.45) is 5.92 Å². The Bertz CT molecular complexity index is 395. The van der Waals surface area contributed by atoms with E-state index in [9.17, 15) is 15.0 Å². The lowest BCUT2D eigenvalue weighted by atomic mass is 10.0. The molecule has 0 rings (SSSR count). The Kier molecular flexibility index (Phi) is 19.8. The van der Waals surface area contributed by atoms with Crippen molar-refractivity contribution in [2.75, 3.05) is 20.2 Å². The van der Waals surface area contributed by atoms with E-state index in [4.69, 9.17) is 4.74 Å². The summed E-state index contributed by atoms with van der Waals surface area (Å²) in [6.07, 6.45) is 20.7. The number of aliphatic hydroxyl groups is 2. The van der Waals surface area contributed by atoms with E-state index in [1.165, 1.54) is 95.3 Å². The molecule has 0 aromatic rings. The summed E-state index contributed by atoms with van der Waals surface area (Å²) in [4.78, 5) is 12.6. The maximum Gasteiger partial charge on any atom is 0.221 e. The van der Waals surface area contributed by atoms with Crippen molar-refractivity contribution in [2.45, 2.75) is 136 Å². The molecule has 0 radical (unpaired) electrons. The van der Waals surface area contributed by atoms with E-state index < -0.39 is 5.91 Å². The number of ether oxygens (including phenoxy) is 1. The number of nitrogens with zero attached hydrogens (tertiary/aromatic N) is 1. The molecule has 2 N–H and O–H groups in total. The topological polar surface area (TPSA) is 70.0 Å². The van der Waals surface area contributed by atoms with Gasteiger partial charge in [-0.1, -0.05) is 104 Å². The van der Waals surface area contributed by atoms with Gasteiger partial charge in [0, 0.05) is 20.1 Å². The van der Waals surface area contributed by atoms with E-state index in [1.54, 1.807) is 7.05 Å². The summed E-state index contributed by atoms with van der Waals surface area (Å²) in [5, 5.41) is 18.9. The first-order chi connectivity index (χ1) is 14.8. The molecule has 5 heteroatoms. The molecule has 186 valence electrons. The Balaban J connectivity index is 3.38. The Morgan fingerprint density at radius 1 is 0.774 bits per heavy atom. The smallest absolute Gasteiger partial charge is 0.221 e. The number of hydrogen-bond acceptors (Lipinski definition) is 5. The van der Waals surface area contributed by atoms with Crippen molar-refractivity contribution in [3.63, 3.8) is 0 Å². The second kappa shape index (κ2) is 20.1. The molecule has 0 aromatic carbocycles. The van der Waals surface area contributed by atoms with E-state index in [0.29, 0.717) is 19.6 Å². The number of unbranched alkanes of at least 4 members (excludes halogenated alkanes) is 12. The summed E-state index contributed by atoms with van der Waals surface area (Å²) in [6, 6.07) is 0. The van der Waals surface area contributed by atoms with Crippen LogP contribution in [0.3, 0.4) is 0 Å². The minimum absolute atomic E-state index is 0.328. The first kappa shape index (κ1) is 30.5. The van der Waals surface area contributed by atoms with Gasteiger partial charge in [-0.2, -0.15) is 0 Å². The van der Waals surface area contributed by atoms with Gasteiger partial charge in [0.05, 0.1) is 0 Å². The van der Waals surface area contributed by atoms with Crippen molar-refractivity contribution in [1.82, 2.24) is 4.90 Å². The van der Waals surface area contributed by atoms with E-state index in [0.717, 1.165) is 25.0 Å². The van der Waals surface area contributed by atoms with Crippen molar-refractivity contribution in [1.29, 1.82) is 0 Å². The van der Waals surface area contributed by atoms with Gasteiger partial charge in [-0.05, 0) is 25.8 Å². The van der Waals surface area contributed by atoms with Crippen molar-refractivity contribution < 1.29 is 19.7 Å². The molecule has 0 heterocycles. The van der Waals surface area contributed by atoms with E-state index in [2.05, 4.69) is 13.8 Å². The molecule has 0 fully saturated rings. The predicted octanol–water partition coefficient (Wildman–Crippen LogP) is 6.06. The lowest BCUT2D eigenvalue weighted by Gasteiger charge is -2.28. The summed E-state index contributed by atoms with van der Waals surface area (Å²) in [6.45, 7) is 6.93. The fourth-order valence-electron chi connectivity index (χ4n) is 3.78. The van der Waals surface area contributed by atoms with Crippen LogP contribution < -0.4 is 0 Å². The SMILES string of the molecule is CC(C)CCCCCCCCCCCCCCCC(C=O)OCCCN(C)C(C)(O)O. The molecule has 0 amide bonds. The third-order valence-electron chi connectivity index (χ3n) is 6.11. The van der Waals surface area contributed by atoms with Gasteiger partial charge < -0.3 is 19.7 Å².